The van der Waals surface area contributed by atoms with E-state index >= 15 is 0 Å². The van der Waals surface area contributed by atoms with Gasteiger partial charge in [-0.3, -0.25) is 14.9 Å². The van der Waals surface area contributed by atoms with Gasteiger partial charge in [0.2, 0.25) is 5.89 Å². The van der Waals surface area contributed by atoms with Gasteiger partial charge in [0.1, 0.15) is 5.52 Å². The standard InChI is InChI=1S/C22H15Cl2N3O5/c1-2-31-20-7-4-12(10-18(20)27(29)30)21(28)25-16-9-13(3-6-15(16)24)22-26-17-11-14(23)5-8-19(17)32-22/h3-11H,2H2,1H3,(H,25,28). The lowest BCUT2D eigenvalue weighted by Crippen LogP contribution is -2.13. The summed E-state index contributed by atoms with van der Waals surface area (Å²) < 4.78 is 11.0. The fraction of sp³-hybridized carbons (Fsp3) is 0.0909. The zero-order chi connectivity index (χ0) is 22.8. The molecule has 0 atom stereocenters. The minimum Gasteiger partial charge on any atom is -0.487 e. The molecule has 162 valence electrons. The number of ether oxygens (including phenoxy) is 1. The fourth-order valence-corrected chi connectivity index (χ4v) is 3.38. The van der Waals surface area contributed by atoms with Gasteiger partial charge in [0.05, 0.1) is 22.2 Å². The van der Waals surface area contributed by atoms with E-state index in [4.69, 9.17) is 32.4 Å². The molecular formula is C22H15Cl2N3O5. The van der Waals surface area contributed by atoms with Crippen LogP contribution in [0.3, 0.4) is 0 Å². The third-order valence-corrected chi connectivity index (χ3v) is 5.09. The Morgan fingerprint density at radius 3 is 2.72 bits per heavy atom. The van der Waals surface area contributed by atoms with Crippen molar-refractivity contribution < 1.29 is 18.9 Å². The number of hydrogen-bond donors (Lipinski definition) is 1. The first-order chi connectivity index (χ1) is 15.4. The summed E-state index contributed by atoms with van der Waals surface area (Å²) in [7, 11) is 0. The molecule has 1 heterocycles. The summed E-state index contributed by atoms with van der Waals surface area (Å²) in [5, 5.41) is 14.8. The van der Waals surface area contributed by atoms with Crippen LogP contribution in [0.5, 0.6) is 5.75 Å². The number of fused-ring (bicyclic) bond motifs is 1. The smallest absolute Gasteiger partial charge is 0.311 e. The summed E-state index contributed by atoms with van der Waals surface area (Å²) in [6.45, 7) is 1.97. The SMILES string of the molecule is CCOc1ccc(C(=O)Nc2cc(-c3nc4cc(Cl)ccc4o3)ccc2Cl)cc1[N+](=O)[O-]. The van der Waals surface area contributed by atoms with E-state index in [2.05, 4.69) is 10.3 Å². The van der Waals surface area contributed by atoms with E-state index < -0.39 is 10.8 Å². The summed E-state index contributed by atoms with van der Waals surface area (Å²) in [4.78, 5) is 27.9. The number of nitrogens with zero attached hydrogens (tertiary/aromatic N) is 2. The normalized spacial score (nSPS) is 10.8. The number of amides is 1. The first-order valence-electron chi connectivity index (χ1n) is 9.44. The van der Waals surface area contributed by atoms with E-state index in [-0.39, 0.29) is 28.6 Å². The van der Waals surface area contributed by atoms with Gasteiger partial charge in [0.25, 0.3) is 5.91 Å². The van der Waals surface area contributed by atoms with Crippen molar-refractivity contribution in [1.29, 1.82) is 0 Å². The molecule has 0 saturated carbocycles. The molecule has 0 bridgehead atoms. The van der Waals surface area contributed by atoms with Crippen LogP contribution in [0.4, 0.5) is 11.4 Å². The fourth-order valence-electron chi connectivity index (χ4n) is 3.05. The largest absolute Gasteiger partial charge is 0.487 e. The lowest BCUT2D eigenvalue weighted by Gasteiger charge is -2.10. The van der Waals surface area contributed by atoms with Gasteiger partial charge in [-0.2, -0.15) is 0 Å². The number of halogens is 2. The van der Waals surface area contributed by atoms with E-state index in [1.807, 2.05) is 0 Å². The monoisotopic (exact) mass is 471 g/mol. The van der Waals surface area contributed by atoms with E-state index in [9.17, 15) is 14.9 Å². The Labute approximate surface area is 191 Å². The van der Waals surface area contributed by atoms with Crippen molar-refractivity contribution in [2.24, 2.45) is 0 Å². The van der Waals surface area contributed by atoms with Crippen LogP contribution in [0.2, 0.25) is 10.0 Å². The highest BCUT2D eigenvalue weighted by molar-refractivity contribution is 6.34. The van der Waals surface area contributed by atoms with Crippen LogP contribution in [0, 0.1) is 10.1 Å². The minimum atomic E-state index is -0.602. The average molecular weight is 472 g/mol. The number of aromatic nitrogens is 1. The molecule has 0 unspecified atom stereocenters. The molecule has 1 N–H and O–H groups in total. The number of carbonyl (C=O) groups is 1. The van der Waals surface area contributed by atoms with Gasteiger partial charge in [0.15, 0.2) is 11.3 Å². The molecule has 0 saturated heterocycles. The van der Waals surface area contributed by atoms with Crippen LogP contribution in [0.1, 0.15) is 17.3 Å². The van der Waals surface area contributed by atoms with Gasteiger partial charge in [-0.25, -0.2) is 4.98 Å². The molecule has 0 aliphatic rings. The van der Waals surface area contributed by atoms with Gasteiger partial charge in [-0.05, 0) is 55.5 Å². The van der Waals surface area contributed by atoms with Crippen molar-refractivity contribution in [2.75, 3.05) is 11.9 Å². The third kappa shape index (κ3) is 4.37. The minimum absolute atomic E-state index is 0.0816. The second-order valence-electron chi connectivity index (χ2n) is 6.65. The molecule has 4 aromatic rings. The van der Waals surface area contributed by atoms with E-state index in [1.54, 1.807) is 43.3 Å². The number of hydrogen-bond acceptors (Lipinski definition) is 6. The molecule has 8 nitrogen and oxygen atoms in total. The maximum atomic E-state index is 12.7. The van der Waals surface area contributed by atoms with Crippen molar-refractivity contribution in [3.8, 4) is 17.2 Å². The van der Waals surface area contributed by atoms with Crippen LogP contribution in [0.25, 0.3) is 22.6 Å². The van der Waals surface area contributed by atoms with E-state index in [0.29, 0.717) is 33.3 Å². The van der Waals surface area contributed by atoms with Crippen molar-refractivity contribution in [3.05, 3.63) is 80.3 Å². The second kappa shape index (κ2) is 8.86. The Hall–Kier alpha value is -3.62. The van der Waals surface area contributed by atoms with E-state index in [1.165, 1.54) is 12.1 Å². The number of anilines is 1. The third-order valence-electron chi connectivity index (χ3n) is 4.53. The molecule has 32 heavy (non-hydrogen) atoms. The molecule has 0 aliphatic heterocycles. The summed E-state index contributed by atoms with van der Waals surface area (Å²) in [5.41, 5.74) is 1.81. The zero-order valence-corrected chi connectivity index (χ0v) is 18.1. The maximum absolute atomic E-state index is 12.7. The van der Waals surface area contributed by atoms with E-state index in [0.717, 1.165) is 6.07 Å². The first kappa shape index (κ1) is 21.6. The highest BCUT2D eigenvalue weighted by Gasteiger charge is 2.20. The second-order valence-corrected chi connectivity index (χ2v) is 7.50. The van der Waals surface area contributed by atoms with Crippen LogP contribution in [-0.4, -0.2) is 22.4 Å². The van der Waals surface area contributed by atoms with Crippen LogP contribution >= 0.6 is 23.2 Å². The number of carbonyl (C=O) groups excluding carboxylic acids is 1. The number of rotatable bonds is 6. The Kier molecular flexibility index (Phi) is 5.98. The molecule has 0 radical (unpaired) electrons. The Balaban J connectivity index is 1.63. The molecule has 1 amide bonds. The predicted molar refractivity (Wildman–Crippen MR) is 122 cm³/mol. The lowest BCUT2D eigenvalue weighted by atomic mass is 10.1. The number of benzene rings is 3. The highest BCUT2D eigenvalue weighted by atomic mass is 35.5. The topological polar surface area (TPSA) is 108 Å². The highest BCUT2D eigenvalue weighted by Crippen LogP contribution is 2.32. The Morgan fingerprint density at radius 2 is 1.97 bits per heavy atom. The van der Waals surface area contributed by atoms with Crippen molar-refractivity contribution in [2.45, 2.75) is 6.92 Å². The number of nitro benzene ring substituents is 1. The molecular weight excluding hydrogens is 457 g/mol. The number of oxazole rings is 1. The lowest BCUT2D eigenvalue weighted by molar-refractivity contribution is -0.385. The summed E-state index contributed by atoms with van der Waals surface area (Å²) in [5.74, 6) is -0.157. The average Bonchev–Trinajstić information content (AvgIpc) is 3.18. The quantitative estimate of drug-likeness (QED) is 0.258. The molecule has 10 heteroatoms. The van der Waals surface area contributed by atoms with Crippen LogP contribution in [-0.2, 0) is 0 Å². The summed E-state index contributed by atoms with van der Waals surface area (Å²) in [6, 6.07) is 14.0. The van der Waals surface area contributed by atoms with Crippen molar-refractivity contribution >= 4 is 51.6 Å². The zero-order valence-electron chi connectivity index (χ0n) is 16.6. The Bertz CT molecular complexity index is 1350. The molecule has 0 fully saturated rings. The molecule has 3 aromatic carbocycles. The van der Waals surface area contributed by atoms with Crippen LogP contribution < -0.4 is 10.1 Å². The van der Waals surface area contributed by atoms with Gasteiger partial charge in [0, 0.05) is 22.2 Å². The summed E-state index contributed by atoms with van der Waals surface area (Å²) >= 11 is 12.2. The van der Waals surface area contributed by atoms with Gasteiger partial charge >= 0.3 is 5.69 Å². The van der Waals surface area contributed by atoms with Crippen molar-refractivity contribution in [3.63, 3.8) is 0 Å². The molecule has 0 aliphatic carbocycles. The maximum Gasteiger partial charge on any atom is 0.311 e. The van der Waals surface area contributed by atoms with Gasteiger partial charge < -0.3 is 14.5 Å². The molecule has 0 spiro atoms. The number of nitrogens with one attached hydrogen (secondary N) is 1. The first-order valence-corrected chi connectivity index (χ1v) is 10.2. The predicted octanol–water partition coefficient (Wildman–Crippen LogP) is 6.36. The molecule has 4 rings (SSSR count). The van der Waals surface area contributed by atoms with Crippen molar-refractivity contribution in [1.82, 2.24) is 4.98 Å². The van der Waals surface area contributed by atoms with Gasteiger partial charge in [-0.1, -0.05) is 23.2 Å². The number of nitro groups is 1. The Morgan fingerprint density at radius 1 is 1.16 bits per heavy atom. The van der Waals surface area contributed by atoms with Crippen LogP contribution in [0.15, 0.2) is 59.0 Å². The molecule has 1 aromatic heterocycles. The summed E-state index contributed by atoms with van der Waals surface area (Å²) in [6.07, 6.45) is 0. The van der Waals surface area contributed by atoms with Gasteiger partial charge in [-0.15, -0.1) is 0 Å².